The van der Waals surface area contributed by atoms with Crippen LogP contribution in [0.4, 0.5) is 5.69 Å². The molecule has 48 heavy (non-hydrogen) atoms. The van der Waals surface area contributed by atoms with Gasteiger partial charge >= 0.3 is 5.97 Å². The highest BCUT2D eigenvalue weighted by atomic mass is 16.6. The molecule has 4 aliphatic rings. The number of amides is 3. The number of anilines is 1. The van der Waals surface area contributed by atoms with Crippen molar-refractivity contribution in [1.29, 1.82) is 0 Å². The third kappa shape index (κ3) is 6.06. The number of aliphatic hydroxyl groups is 1. The highest BCUT2D eigenvalue weighted by Crippen LogP contribution is 2.56. The van der Waals surface area contributed by atoms with Gasteiger partial charge in [-0.2, -0.15) is 0 Å². The molecule has 254 valence electrons. The number of nitrogens with zero attached hydrogens (tertiary/aromatic N) is 2. The Bertz CT molecular complexity index is 1610. The number of ether oxygens (including phenoxy) is 3. The lowest BCUT2D eigenvalue weighted by Gasteiger charge is -2.36. The third-order valence-electron chi connectivity index (χ3n) is 9.78. The molecule has 1 spiro atoms. The van der Waals surface area contributed by atoms with Crippen LogP contribution < -0.4 is 10.2 Å². The van der Waals surface area contributed by atoms with Crippen molar-refractivity contribution in [3.8, 4) is 0 Å². The first-order valence-corrected chi connectivity index (χ1v) is 16.6. The van der Waals surface area contributed by atoms with Gasteiger partial charge in [0, 0.05) is 38.9 Å². The number of carbonyl (C=O) groups excluding carboxylic acids is 4. The van der Waals surface area contributed by atoms with Crippen molar-refractivity contribution in [2.45, 2.75) is 63.0 Å². The molecule has 0 unspecified atom stereocenters. The van der Waals surface area contributed by atoms with Gasteiger partial charge < -0.3 is 34.4 Å². The lowest BCUT2D eigenvalue weighted by atomic mass is 9.74. The molecular formula is C37H43N3O8. The number of fused-ring (bicyclic) bond motifs is 2. The summed E-state index contributed by atoms with van der Waals surface area (Å²) in [5.41, 5.74) is 1.77. The maximum absolute atomic E-state index is 14.9. The Morgan fingerprint density at radius 3 is 2.58 bits per heavy atom. The van der Waals surface area contributed by atoms with Gasteiger partial charge in [0.25, 0.3) is 5.91 Å². The largest absolute Gasteiger partial charge is 0.455 e. The Morgan fingerprint density at radius 2 is 1.83 bits per heavy atom. The number of benzene rings is 2. The summed E-state index contributed by atoms with van der Waals surface area (Å²) in [6.45, 7) is 4.06. The molecule has 0 radical (unpaired) electrons. The maximum atomic E-state index is 14.9. The minimum absolute atomic E-state index is 0.0710. The Labute approximate surface area is 280 Å². The van der Waals surface area contributed by atoms with Crippen molar-refractivity contribution in [2.75, 3.05) is 38.3 Å². The zero-order valence-corrected chi connectivity index (χ0v) is 27.5. The van der Waals surface area contributed by atoms with Crippen LogP contribution in [-0.2, 0) is 33.4 Å². The van der Waals surface area contributed by atoms with Crippen LogP contribution in [0.3, 0.4) is 0 Å². The van der Waals surface area contributed by atoms with E-state index in [4.69, 9.17) is 14.2 Å². The van der Waals surface area contributed by atoms with E-state index in [1.807, 2.05) is 74.5 Å². The zero-order valence-electron chi connectivity index (χ0n) is 27.5. The molecule has 4 aliphatic heterocycles. The lowest BCUT2D eigenvalue weighted by Crippen LogP contribution is -2.56. The van der Waals surface area contributed by atoms with Crippen LogP contribution in [0.2, 0.25) is 0 Å². The van der Waals surface area contributed by atoms with Gasteiger partial charge in [-0.1, -0.05) is 66.8 Å². The average molecular weight is 658 g/mol. The summed E-state index contributed by atoms with van der Waals surface area (Å²) in [7, 11) is 1.51. The quantitative estimate of drug-likeness (QED) is 0.343. The van der Waals surface area contributed by atoms with E-state index in [0.29, 0.717) is 17.7 Å². The molecule has 0 aliphatic carbocycles. The van der Waals surface area contributed by atoms with Crippen LogP contribution >= 0.6 is 0 Å². The molecule has 11 heteroatoms. The molecule has 2 aromatic carbocycles. The highest BCUT2D eigenvalue weighted by Gasteiger charge is 2.73. The summed E-state index contributed by atoms with van der Waals surface area (Å²) in [5, 5.41) is 12.8. The number of nitrogens with one attached hydrogen (secondary N) is 1. The predicted octanol–water partition coefficient (Wildman–Crippen LogP) is 2.94. The summed E-state index contributed by atoms with van der Waals surface area (Å²) >= 11 is 0. The Hall–Kier alpha value is -4.32. The van der Waals surface area contributed by atoms with Crippen molar-refractivity contribution in [3.63, 3.8) is 0 Å². The number of cyclic esters (lactones) is 1. The smallest absolute Gasteiger partial charge is 0.313 e. The van der Waals surface area contributed by atoms with E-state index in [-0.39, 0.29) is 51.0 Å². The summed E-state index contributed by atoms with van der Waals surface area (Å²) in [5.74, 6) is -3.72. The molecule has 0 aromatic heterocycles. The zero-order chi connectivity index (χ0) is 34.0. The Kier molecular flexibility index (Phi) is 9.82. The second-order valence-electron chi connectivity index (χ2n) is 13.0. The number of aryl methyl sites for hydroxylation is 2. The predicted molar refractivity (Wildman–Crippen MR) is 177 cm³/mol. The Morgan fingerprint density at radius 1 is 1.04 bits per heavy atom. The molecule has 11 nitrogen and oxygen atoms in total. The van der Waals surface area contributed by atoms with Crippen LogP contribution in [0.5, 0.6) is 0 Å². The van der Waals surface area contributed by atoms with Crippen LogP contribution in [0.25, 0.3) is 0 Å². The minimum Gasteiger partial charge on any atom is -0.455 e. The number of carbonyl (C=O) groups is 4. The third-order valence-corrected chi connectivity index (χ3v) is 9.78. The molecule has 4 heterocycles. The van der Waals surface area contributed by atoms with E-state index >= 15 is 0 Å². The summed E-state index contributed by atoms with van der Waals surface area (Å²) in [6.07, 6.45) is 6.33. The lowest BCUT2D eigenvalue weighted by molar-refractivity contribution is -0.162. The van der Waals surface area contributed by atoms with E-state index in [9.17, 15) is 24.3 Å². The fraction of sp³-hybridized carbons (Fsp3) is 0.459. The molecule has 2 aromatic rings. The molecule has 3 amide bonds. The van der Waals surface area contributed by atoms with Gasteiger partial charge in [0.2, 0.25) is 11.8 Å². The monoisotopic (exact) mass is 657 g/mol. The maximum Gasteiger partial charge on any atom is 0.313 e. The van der Waals surface area contributed by atoms with Gasteiger partial charge in [0.15, 0.2) is 0 Å². The van der Waals surface area contributed by atoms with E-state index in [1.54, 1.807) is 17.1 Å². The van der Waals surface area contributed by atoms with Gasteiger partial charge in [-0.3, -0.25) is 19.2 Å². The highest BCUT2D eigenvalue weighted by molar-refractivity contribution is 6.05. The van der Waals surface area contributed by atoms with Gasteiger partial charge in [-0.15, -0.1) is 0 Å². The summed E-state index contributed by atoms with van der Waals surface area (Å²) in [4.78, 5) is 60.0. The van der Waals surface area contributed by atoms with Crippen molar-refractivity contribution in [2.24, 2.45) is 11.8 Å². The SMILES string of the molecule is COC[C@@H]1NC(=O)CC/C=C\CN(c2cc(C)ccc2C)C(=O)[C@H]2N(CCCO)C(=O)[C@@H]3[C@@H](C(=O)O[C@H]1c1ccccc1)[C@H]1C=C[C@]32O1. The van der Waals surface area contributed by atoms with Gasteiger partial charge in [0.05, 0.1) is 24.7 Å². The first-order valence-electron chi connectivity index (χ1n) is 16.6. The van der Waals surface area contributed by atoms with Crippen LogP contribution in [0.15, 0.2) is 72.8 Å². The first-order chi connectivity index (χ1) is 23.2. The number of methoxy groups -OCH3 is 1. The van der Waals surface area contributed by atoms with Crippen LogP contribution in [0.1, 0.15) is 42.1 Å². The van der Waals surface area contributed by atoms with Crippen molar-refractivity contribution < 1.29 is 38.5 Å². The number of aliphatic hydroxyl groups excluding tert-OH is 1. The fourth-order valence-electron chi connectivity index (χ4n) is 7.57. The molecule has 6 rings (SSSR count). The second kappa shape index (κ2) is 14.0. The van der Waals surface area contributed by atoms with E-state index in [2.05, 4.69) is 5.32 Å². The number of esters is 1. The molecule has 2 saturated heterocycles. The van der Waals surface area contributed by atoms with Crippen LogP contribution in [-0.4, -0.2) is 90.9 Å². The number of hydrogen-bond donors (Lipinski definition) is 2. The summed E-state index contributed by atoms with van der Waals surface area (Å²) < 4.78 is 18.3. The van der Waals surface area contributed by atoms with Crippen LogP contribution in [0, 0.1) is 25.7 Å². The number of allylic oxidation sites excluding steroid dienone is 1. The number of likely N-dealkylation sites (tertiary alicyclic amines) is 1. The van der Waals surface area contributed by atoms with E-state index in [1.165, 1.54) is 12.0 Å². The van der Waals surface area contributed by atoms with E-state index < -0.39 is 53.6 Å². The number of hydrogen-bond acceptors (Lipinski definition) is 8. The second-order valence-corrected chi connectivity index (χ2v) is 13.0. The molecule has 5 bridgehead atoms. The minimum atomic E-state index is -1.41. The molecule has 7 atom stereocenters. The first kappa shape index (κ1) is 33.6. The van der Waals surface area contributed by atoms with Crippen molar-refractivity contribution in [3.05, 3.63) is 89.5 Å². The van der Waals surface area contributed by atoms with Gasteiger partial charge in [0.1, 0.15) is 23.7 Å². The number of rotatable bonds is 7. The fourth-order valence-corrected chi connectivity index (χ4v) is 7.57. The molecular weight excluding hydrogens is 614 g/mol. The summed E-state index contributed by atoms with van der Waals surface area (Å²) in [6, 6.07) is 13.1. The topological polar surface area (TPSA) is 135 Å². The standard InChI is InChI=1S/C37H43N3O8/c1-23-14-15-24(2)27(21-23)39-18-9-5-8-13-29(42)38-26(22-46-3)32(25-11-6-4-7-12-25)47-36(45)30-28-16-17-37(48-28)31(30)34(43)40(19-10-20-41)33(37)35(39)44/h4-7,9,11-12,14-17,21,26,28,30-33,41H,8,10,13,18-20,22H2,1-3H3,(H,38,42)/b9-5-/t26-,28+,30-,31-,32-,33+,37-/m0/s1. The average Bonchev–Trinajstić information content (AvgIpc) is 3.72. The molecule has 0 saturated carbocycles. The van der Waals surface area contributed by atoms with Gasteiger partial charge in [-0.05, 0) is 49.4 Å². The Balaban J connectivity index is 1.46. The molecule has 2 N–H and O–H groups in total. The molecule has 2 fully saturated rings. The normalized spacial score (nSPS) is 31.2. The van der Waals surface area contributed by atoms with Crippen molar-refractivity contribution >= 4 is 29.4 Å². The van der Waals surface area contributed by atoms with Gasteiger partial charge in [-0.25, -0.2) is 0 Å². The van der Waals surface area contributed by atoms with E-state index in [0.717, 1.165) is 11.1 Å². The van der Waals surface area contributed by atoms with Crippen molar-refractivity contribution in [1.82, 2.24) is 10.2 Å².